The van der Waals surface area contributed by atoms with E-state index in [0.29, 0.717) is 32.6 Å². The van der Waals surface area contributed by atoms with Gasteiger partial charge in [-0.25, -0.2) is 8.42 Å². The van der Waals surface area contributed by atoms with Crippen molar-refractivity contribution in [1.82, 2.24) is 14.5 Å². The SMILES string of the molecule is CCCC(=O)NCC(=O)N1CCN(S(C)(=O)=O)CC1. The van der Waals surface area contributed by atoms with E-state index in [9.17, 15) is 18.0 Å². The van der Waals surface area contributed by atoms with E-state index in [2.05, 4.69) is 5.32 Å². The first-order chi connectivity index (χ1) is 8.84. The maximum Gasteiger partial charge on any atom is 0.242 e. The van der Waals surface area contributed by atoms with Gasteiger partial charge in [-0.1, -0.05) is 6.92 Å². The molecule has 110 valence electrons. The lowest BCUT2D eigenvalue weighted by Crippen LogP contribution is -2.52. The summed E-state index contributed by atoms with van der Waals surface area (Å²) in [5.74, 6) is -0.303. The highest BCUT2D eigenvalue weighted by Gasteiger charge is 2.25. The fourth-order valence-electron chi connectivity index (χ4n) is 1.87. The largest absolute Gasteiger partial charge is 0.347 e. The highest BCUT2D eigenvalue weighted by Crippen LogP contribution is 2.05. The van der Waals surface area contributed by atoms with Crippen LogP contribution in [0, 0.1) is 0 Å². The Labute approximate surface area is 114 Å². The van der Waals surface area contributed by atoms with E-state index in [1.165, 1.54) is 4.31 Å². The number of carbonyl (C=O) groups excluding carboxylic acids is 2. The first-order valence-electron chi connectivity index (χ1n) is 6.34. The lowest BCUT2D eigenvalue weighted by atomic mass is 10.3. The molecule has 0 aliphatic carbocycles. The molecule has 0 aromatic heterocycles. The lowest BCUT2D eigenvalue weighted by molar-refractivity contribution is -0.133. The minimum atomic E-state index is -3.18. The molecule has 0 unspecified atom stereocenters. The van der Waals surface area contributed by atoms with Crippen molar-refractivity contribution in [2.24, 2.45) is 0 Å². The molecule has 0 aromatic carbocycles. The second kappa shape index (κ2) is 6.85. The Hall–Kier alpha value is -1.15. The summed E-state index contributed by atoms with van der Waals surface area (Å²) in [7, 11) is -3.18. The normalized spacial score (nSPS) is 17.3. The van der Waals surface area contributed by atoms with Crippen LogP contribution in [0.2, 0.25) is 0 Å². The molecular formula is C11H21N3O4S. The van der Waals surface area contributed by atoms with Gasteiger partial charge in [0.2, 0.25) is 21.8 Å². The molecule has 1 fully saturated rings. The van der Waals surface area contributed by atoms with Crippen LogP contribution in [0.1, 0.15) is 19.8 Å². The molecule has 1 N–H and O–H groups in total. The molecule has 0 saturated carbocycles. The Balaban J connectivity index is 2.35. The molecule has 1 aliphatic rings. The van der Waals surface area contributed by atoms with Gasteiger partial charge in [0, 0.05) is 32.6 Å². The summed E-state index contributed by atoms with van der Waals surface area (Å²) >= 11 is 0. The molecule has 8 heteroatoms. The number of rotatable bonds is 5. The summed E-state index contributed by atoms with van der Waals surface area (Å²) in [5, 5.41) is 2.56. The third kappa shape index (κ3) is 5.15. The second-order valence-electron chi connectivity index (χ2n) is 4.57. The molecule has 0 spiro atoms. The quantitative estimate of drug-likeness (QED) is 0.704. The fraction of sp³-hybridized carbons (Fsp3) is 0.818. The van der Waals surface area contributed by atoms with Gasteiger partial charge >= 0.3 is 0 Å². The van der Waals surface area contributed by atoms with E-state index < -0.39 is 10.0 Å². The second-order valence-corrected chi connectivity index (χ2v) is 6.55. The van der Waals surface area contributed by atoms with Gasteiger partial charge in [0.1, 0.15) is 0 Å². The minimum absolute atomic E-state index is 0.0162. The van der Waals surface area contributed by atoms with Crippen LogP contribution in [0.3, 0.4) is 0 Å². The molecule has 1 aliphatic heterocycles. The van der Waals surface area contributed by atoms with Crippen molar-refractivity contribution < 1.29 is 18.0 Å². The van der Waals surface area contributed by atoms with Crippen LogP contribution in [-0.4, -0.2) is 68.4 Å². The van der Waals surface area contributed by atoms with Crippen molar-refractivity contribution in [2.75, 3.05) is 39.0 Å². The summed E-state index contributed by atoms with van der Waals surface area (Å²) in [6.45, 7) is 3.25. The molecule has 1 saturated heterocycles. The van der Waals surface area contributed by atoms with E-state index in [-0.39, 0.29) is 18.4 Å². The first kappa shape index (κ1) is 15.9. The molecule has 7 nitrogen and oxygen atoms in total. The number of amides is 2. The molecule has 0 radical (unpaired) electrons. The third-order valence-corrected chi connectivity index (χ3v) is 4.28. The summed E-state index contributed by atoms with van der Waals surface area (Å²) in [4.78, 5) is 24.6. The molecule has 1 heterocycles. The zero-order chi connectivity index (χ0) is 14.5. The van der Waals surface area contributed by atoms with Crippen molar-refractivity contribution in [2.45, 2.75) is 19.8 Å². The predicted molar refractivity (Wildman–Crippen MR) is 70.9 cm³/mol. The maximum atomic E-state index is 11.8. The van der Waals surface area contributed by atoms with Crippen molar-refractivity contribution in [1.29, 1.82) is 0 Å². The van der Waals surface area contributed by atoms with E-state index in [1.807, 2.05) is 6.92 Å². The Morgan fingerprint density at radius 2 is 1.74 bits per heavy atom. The van der Waals surface area contributed by atoms with Gasteiger partial charge in [0.15, 0.2) is 0 Å². The first-order valence-corrected chi connectivity index (χ1v) is 8.19. The minimum Gasteiger partial charge on any atom is -0.347 e. The van der Waals surface area contributed by atoms with Crippen LogP contribution in [0.15, 0.2) is 0 Å². The fourth-order valence-corrected chi connectivity index (χ4v) is 2.70. The summed E-state index contributed by atoms with van der Waals surface area (Å²) in [6, 6.07) is 0. The average Bonchev–Trinajstić information content (AvgIpc) is 2.35. The summed E-state index contributed by atoms with van der Waals surface area (Å²) < 4.78 is 24.0. The molecule has 1 rings (SSSR count). The topological polar surface area (TPSA) is 86.8 Å². The smallest absolute Gasteiger partial charge is 0.242 e. The number of nitrogens with one attached hydrogen (secondary N) is 1. The molecule has 0 atom stereocenters. The van der Waals surface area contributed by atoms with E-state index >= 15 is 0 Å². The number of carbonyl (C=O) groups is 2. The van der Waals surface area contributed by atoms with Gasteiger partial charge in [-0.15, -0.1) is 0 Å². The number of hydrogen-bond acceptors (Lipinski definition) is 4. The van der Waals surface area contributed by atoms with Gasteiger partial charge in [-0.3, -0.25) is 9.59 Å². The Kier molecular flexibility index (Phi) is 5.74. The Bertz CT molecular complexity index is 427. The average molecular weight is 291 g/mol. The molecular weight excluding hydrogens is 270 g/mol. The van der Waals surface area contributed by atoms with E-state index in [0.717, 1.165) is 12.7 Å². The van der Waals surface area contributed by atoms with Crippen LogP contribution in [-0.2, 0) is 19.6 Å². The van der Waals surface area contributed by atoms with Gasteiger partial charge < -0.3 is 10.2 Å². The summed E-state index contributed by atoms with van der Waals surface area (Å²) in [6.07, 6.45) is 2.32. The molecule has 19 heavy (non-hydrogen) atoms. The zero-order valence-electron chi connectivity index (χ0n) is 11.4. The highest BCUT2D eigenvalue weighted by molar-refractivity contribution is 7.88. The standard InChI is InChI=1S/C11H21N3O4S/c1-3-4-10(15)12-9-11(16)13-5-7-14(8-6-13)19(2,17)18/h3-9H2,1-2H3,(H,12,15). The van der Waals surface area contributed by atoms with Crippen molar-refractivity contribution >= 4 is 21.8 Å². The van der Waals surface area contributed by atoms with Gasteiger partial charge in [0.25, 0.3) is 0 Å². The maximum absolute atomic E-state index is 11.8. The monoisotopic (exact) mass is 291 g/mol. The van der Waals surface area contributed by atoms with Crippen molar-refractivity contribution in [3.8, 4) is 0 Å². The molecule has 2 amide bonds. The van der Waals surface area contributed by atoms with Crippen LogP contribution in [0.4, 0.5) is 0 Å². The Morgan fingerprint density at radius 3 is 2.21 bits per heavy atom. The van der Waals surface area contributed by atoms with Gasteiger partial charge in [0.05, 0.1) is 12.8 Å². The van der Waals surface area contributed by atoms with Crippen molar-refractivity contribution in [3.05, 3.63) is 0 Å². The summed E-state index contributed by atoms with van der Waals surface area (Å²) in [5.41, 5.74) is 0. The Morgan fingerprint density at radius 1 is 1.16 bits per heavy atom. The van der Waals surface area contributed by atoms with Crippen LogP contribution in [0.5, 0.6) is 0 Å². The number of nitrogens with zero attached hydrogens (tertiary/aromatic N) is 2. The van der Waals surface area contributed by atoms with Gasteiger partial charge in [-0.05, 0) is 6.42 Å². The van der Waals surface area contributed by atoms with E-state index in [1.54, 1.807) is 4.90 Å². The molecule has 0 bridgehead atoms. The number of sulfonamides is 1. The zero-order valence-corrected chi connectivity index (χ0v) is 12.2. The van der Waals surface area contributed by atoms with Crippen LogP contribution in [0.25, 0.3) is 0 Å². The number of piperazine rings is 1. The lowest BCUT2D eigenvalue weighted by Gasteiger charge is -2.33. The van der Waals surface area contributed by atoms with Crippen LogP contribution >= 0.6 is 0 Å². The molecule has 0 aromatic rings. The van der Waals surface area contributed by atoms with E-state index in [4.69, 9.17) is 0 Å². The highest BCUT2D eigenvalue weighted by atomic mass is 32.2. The third-order valence-electron chi connectivity index (χ3n) is 2.97. The van der Waals surface area contributed by atoms with Crippen LogP contribution < -0.4 is 5.32 Å². The predicted octanol–water partition coefficient (Wildman–Crippen LogP) is -0.993. The van der Waals surface area contributed by atoms with Crippen molar-refractivity contribution in [3.63, 3.8) is 0 Å². The van der Waals surface area contributed by atoms with Gasteiger partial charge in [-0.2, -0.15) is 4.31 Å². The number of hydrogen-bond donors (Lipinski definition) is 1.